The van der Waals surface area contributed by atoms with Crippen LogP contribution in [-0.4, -0.2) is 105 Å². The van der Waals surface area contributed by atoms with Crippen molar-refractivity contribution in [3.8, 4) is 0 Å². The van der Waals surface area contributed by atoms with Gasteiger partial charge in [-0.15, -0.1) is 0 Å². The second-order valence-corrected chi connectivity index (χ2v) is 13.1. The third-order valence-corrected chi connectivity index (χ3v) is 9.01. The van der Waals surface area contributed by atoms with Gasteiger partial charge in [-0.05, 0) is 67.6 Å². The molecule has 2 aliphatic heterocycles. The summed E-state index contributed by atoms with van der Waals surface area (Å²) in [5.74, 6) is -2.43. The van der Waals surface area contributed by atoms with E-state index in [1.165, 1.54) is 10.4 Å². The highest BCUT2D eigenvalue weighted by atomic mass is 32.2. The second-order valence-electron chi connectivity index (χ2n) is 11.1. The van der Waals surface area contributed by atoms with Gasteiger partial charge < -0.3 is 25.4 Å². The van der Waals surface area contributed by atoms with E-state index >= 15 is 0 Å². The van der Waals surface area contributed by atoms with Crippen molar-refractivity contribution < 1.29 is 36.6 Å². The first-order valence-corrected chi connectivity index (χ1v) is 15.7. The van der Waals surface area contributed by atoms with Gasteiger partial charge in [0.15, 0.2) is 0 Å². The summed E-state index contributed by atoms with van der Waals surface area (Å²) in [5.41, 5.74) is 1.39. The molecule has 4 atom stereocenters. The van der Waals surface area contributed by atoms with Crippen molar-refractivity contribution in [2.24, 2.45) is 0 Å². The van der Waals surface area contributed by atoms with Crippen LogP contribution in [0, 0.1) is 18.6 Å². The summed E-state index contributed by atoms with van der Waals surface area (Å²) in [6.45, 7) is 3.20. The van der Waals surface area contributed by atoms with Crippen molar-refractivity contribution in [3.63, 3.8) is 0 Å². The Morgan fingerprint density at radius 2 is 1.81 bits per heavy atom. The largest absolute Gasteiger partial charge is 0.389 e. The number of halogens is 2. The molecule has 0 bridgehead atoms. The van der Waals surface area contributed by atoms with E-state index in [1.54, 1.807) is 31.1 Å². The van der Waals surface area contributed by atoms with E-state index < -0.39 is 45.8 Å². The van der Waals surface area contributed by atoms with Crippen LogP contribution in [0.2, 0.25) is 0 Å². The van der Waals surface area contributed by atoms with E-state index in [2.05, 4.69) is 10.6 Å². The van der Waals surface area contributed by atoms with Crippen LogP contribution in [-0.2, 0) is 21.2 Å². The minimum absolute atomic E-state index is 0.0501. The van der Waals surface area contributed by atoms with Crippen molar-refractivity contribution in [1.82, 2.24) is 19.8 Å². The first-order valence-electron chi connectivity index (χ1n) is 13.9. The molecule has 2 fully saturated rings. The van der Waals surface area contributed by atoms with Crippen molar-refractivity contribution in [2.75, 3.05) is 46.2 Å². The summed E-state index contributed by atoms with van der Waals surface area (Å²) in [7, 11) is -1.95. The van der Waals surface area contributed by atoms with Gasteiger partial charge in [0.25, 0.3) is 11.8 Å². The molecule has 2 amide bonds. The normalized spacial score (nSPS) is 21.2. The van der Waals surface area contributed by atoms with E-state index in [0.717, 1.165) is 37.3 Å². The number of piperazine rings is 1. The zero-order valence-electron chi connectivity index (χ0n) is 24.0. The zero-order valence-corrected chi connectivity index (χ0v) is 24.8. The molecule has 2 saturated heterocycles. The van der Waals surface area contributed by atoms with Gasteiger partial charge in [0.2, 0.25) is 10.0 Å². The molecule has 230 valence electrons. The van der Waals surface area contributed by atoms with Gasteiger partial charge in [-0.3, -0.25) is 9.59 Å². The van der Waals surface area contributed by atoms with Crippen LogP contribution in [0.5, 0.6) is 0 Å². The second kappa shape index (κ2) is 13.6. The number of carbonyl (C=O) groups is 2. The number of benzene rings is 2. The number of amides is 2. The lowest BCUT2D eigenvalue weighted by atomic mass is 9.94. The number of likely N-dealkylation sites (tertiary alicyclic amines) is 1. The maximum absolute atomic E-state index is 14.0. The molecule has 4 rings (SSSR count). The first kappa shape index (κ1) is 32.0. The Morgan fingerprint density at radius 3 is 2.48 bits per heavy atom. The molecule has 3 N–H and O–H groups in total. The molecule has 0 aromatic heterocycles. The van der Waals surface area contributed by atoms with Crippen molar-refractivity contribution in [2.45, 2.75) is 50.4 Å². The molecule has 2 aromatic carbocycles. The molecule has 2 heterocycles. The summed E-state index contributed by atoms with van der Waals surface area (Å²) < 4.78 is 58.8. The Bertz CT molecular complexity index is 1390. The summed E-state index contributed by atoms with van der Waals surface area (Å²) in [6.07, 6.45) is 1.29. The Balaban J connectivity index is 1.59. The van der Waals surface area contributed by atoms with Gasteiger partial charge in [0.05, 0.1) is 31.1 Å². The third-order valence-electron chi connectivity index (χ3n) is 7.74. The number of aryl methyl sites for hydroxylation is 1. The minimum Gasteiger partial charge on any atom is -0.389 e. The number of nitrogens with one attached hydrogen (secondary N) is 2. The van der Waals surface area contributed by atoms with Crippen LogP contribution in [0.15, 0.2) is 36.4 Å². The molecule has 0 radical (unpaired) electrons. The van der Waals surface area contributed by atoms with Crippen LogP contribution in [0.3, 0.4) is 0 Å². The number of nitrogens with zero attached hydrogens (tertiary/aromatic N) is 2. The van der Waals surface area contributed by atoms with Gasteiger partial charge >= 0.3 is 0 Å². The van der Waals surface area contributed by atoms with Gasteiger partial charge in [0.1, 0.15) is 11.6 Å². The van der Waals surface area contributed by atoms with E-state index in [1.807, 2.05) is 0 Å². The lowest BCUT2D eigenvalue weighted by molar-refractivity contribution is 0.0600. The van der Waals surface area contributed by atoms with E-state index in [-0.39, 0.29) is 49.1 Å². The molecule has 2 aromatic rings. The number of hydrogen-bond acceptors (Lipinski definition) is 7. The quantitative estimate of drug-likeness (QED) is 0.373. The van der Waals surface area contributed by atoms with Crippen LogP contribution in [0.4, 0.5) is 8.78 Å². The number of ether oxygens (including phenoxy) is 1. The minimum atomic E-state index is -3.53. The maximum atomic E-state index is 14.0. The molecule has 0 spiro atoms. The first-order chi connectivity index (χ1) is 19.8. The molecule has 0 aliphatic carbocycles. The summed E-state index contributed by atoms with van der Waals surface area (Å²) in [6, 6.07) is 5.88. The van der Waals surface area contributed by atoms with Crippen LogP contribution < -0.4 is 10.6 Å². The Morgan fingerprint density at radius 1 is 1.12 bits per heavy atom. The Labute approximate surface area is 245 Å². The van der Waals surface area contributed by atoms with Crippen molar-refractivity contribution >= 4 is 21.8 Å². The topological polar surface area (TPSA) is 128 Å². The number of aliphatic hydroxyl groups is 1. The lowest BCUT2D eigenvalue weighted by Gasteiger charge is -2.37. The van der Waals surface area contributed by atoms with Gasteiger partial charge in [-0.25, -0.2) is 17.2 Å². The number of carbonyl (C=O) groups excluding carboxylic acids is 2. The Kier molecular flexibility index (Phi) is 10.3. The van der Waals surface area contributed by atoms with Crippen LogP contribution in [0.1, 0.15) is 44.7 Å². The van der Waals surface area contributed by atoms with E-state index in [0.29, 0.717) is 24.3 Å². The van der Waals surface area contributed by atoms with Crippen LogP contribution in [0.25, 0.3) is 0 Å². The number of aliphatic hydroxyl groups excluding tert-OH is 1. The van der Waals surface area contributed by atoms with Crippen molar-refractivity contribution in [3.05, 3.63) is 70.3 Å². The number of hydrogen-bond donors (Lipinski definition) is 3. The number of sulfonamides is 1. The third kappa shape index (κ3) is 7.90. The summed E-state index contributed by atoms with van der Waals surface area (Å²) in [4.78, 5) is 28.7. The SMILES string of the molecule is COC[C@H]1CCCN1C(=O)c1cc(C)cc(C(=O)N[C@@H](Cc2cc(F)cc(F)c2)[C@H](O)[C@H]2CN(S(C)(=O)=O)CCN2)c1. The van der Waals surface area contributed by atoms with Gasteiger partial charge in [-0.1, -0.05) is 0 Å². The molecule has 10 nitrogen and oxygen atoms in total. The van der Waals surface area contributed by atoms with E-state index in [9.17, 15) is 31.9 Å². The summed E-state index contributed by atoms with van der Waals surface area (Å²) in [5, 5.41) is 17.2. The monoisotopic (exact) mass is 608 g/mol. The smallest absolute Gasteiger partial charge is 0.254 e. The summed E-state index contributed by atoms with van der Waals surface area (Å²) >= 11 is 0. The zero-order chi connectivity index (χ0) is 30.6. The molecule has 42 heavy (non-hydrogen) atoms. The fourth-order valence-corrected chi connectivity index (χ4v) is 6.58. The standard InChI is InChI=1S/C29H38F2N4O6S/c1-18-9-20(14-21(10-18)29(38)35-7-4-5-24(35)17-41-2)28(37)33-25(13-19-11-22(30)15-23(31)12-19)27(36)26-16-34(8-6-32-26)42(3,39)40/h9-12,14-15,24-27,32,36H,4-8,13,16-17H2,1-3H3,(H,33,37)/t24-,25+,26-,27+/m1/s1. The predicted molar refractivity (Wildman–Crippen MR) is 153 cm³/mol. The predicted octanol–water partition coefficient (Wildman–Crippen LogP) is 1.46. The average molecular weight is 609 g/mol. The Hall–Kier alpha value is -2.97. The van der Waals surface area contributed by atoms with E-state index in [4.69, 9.17) is 4.74 Å². The van der Waals surface area contributed by atoms with Gasteiger partial charge in [0, 0.05) is 56.5 Å². The molecule has 0 unspecified atom stereocenters. The fraction of sp³-hybridized carbons (Fsp3) is 0.517. The highest BCUT2D eigenvalue weighted by Gasteiger charge is 2.35. The molecular weight excluding hydrogens is 570 g/mol. The van der Waals surface area contributed by atoms with Gasteiger partial charge in [-0.2, -0.15) is 4.31 Å². The highest BCUT2D eigenvalue weighted by Crippen LogP contribution is 2.22. The van der Waals surface area contributed by atoms with Crippen LogP contribution >= 0.6 is 0 Å². The lowest BCUT2D eigenvalue weighted by Crippen LogP contribution is -2.61. The molecular formula is C29H38F2N4O6S. The molecule has 0 saturated carbocycles. The molecule has 13 heteroatoms. The maximum Gasteiger partial charge on any atom is 0.254 e. The van der Waals surface area contributed by atoms with Crippen molar-refractivity contribution in [1.29, 1.82) is 0 Å². The molecule has 2 aliphatic rings. The number of rotatable bonds is 10. The average Bonchev–Trinajstić information content (AvgIpc) is 3.39. The number of methoxy groups -OCH3 is 1. The highest BCUT2D eigenvalue weighted by molar-refractivity contribution is 7.88. The fourth-order valence-electron chi connectivity index (χ4n) is 5.72.